The minimum absolute atomic E-state index is 0.241. The molecule has 0 aromatic carbocycles. The second-order valence-electron chi connectivity index (χ2n) is 4.04. The number of aromatic carboxylic acids is 1. The van der Waals surface area contributed by atoms with E-state index in [9.17, 15) is 9.90 Å². The average Bonchev–Trinajstić information content (AvgIpc) is 2.73. The van der Waals surface area contributed by atoms with Gasteiger partial charge < -0.3 is 10.0 Å². The molecule has 0 saturated carbocycles. The van der Waals surface area contributed by atoms with Crippen LogP contribution in [-0.4, -0.2) is 40.0 Å². The van der Waals surface area contributed by atoms with Crippen LogP contribution in [0.5, 0.6) is 0 Å². The van der Waals surface area contributed by atoms with Crippen molar-refractivity contribution in [2.75, 3.05) is 14.1 Å². The number of hydrogen-bond acceptors (Lipinski definition) is 5. The van der Waals surface area contributed by atoms with Gasteiger partial charge in [-0.25, -0.2) is 9.78 Å². The SMILES string of the molecule is CN(C)Cc1nc(-c2ccccn2)c(C(=O)O)s1. The molecule has 94 valence electrons. The molecule has 0 bridgehead atoms. The maximum absolute atomic E-state index is 11.2. The fraction of sp³-hybridized carbons (Fsp3) is 0.250. The zero-order valence-corrected chi connectivity index (χ0v) is 10.9. The van der Waals surface area contributed by atoms with Gasteiger partial charge in [0.25, 0.3) is 0 Å². The van der Waals surface area contributed by atoms with Gasteiger partial charge >= 0.3 is 5.97 Å². The van der Waals surface area contributed by atoms with E-state index in [1.807, 2.05) is 25.1 Å². The number of pyridine rings is 1. The third-order valence-electron chi connectivity index (χ3n) is 2.22. The fourth-order valence-electron chi connectivity index (χ4n) is 1.52. The summed E-state index contributed by atoms with van der Waals surface area (Å²) in [5, 5.41) is 9.98. The molecule has 1 N–H and O–H groups in total. The van der Waals surface area contributed by atoms with Crippen molar-refractivity contribution >= 4 is 17.3 Å². The van der Waals surface area contributed by atoms with Crippen molar-refractivity contribution in [3.05, 3.63) is 34.3 Å². The van der Waals surface area contributed by atoms with Gasteiger partial charge in [-0.3, -0.25) is 4.98 Å². The molecule has 5 nitrogen and oxygen atoms in total. The molecular weight excluding hydrogens is 250 g/mol. The predicted octanol–water partition coefficient (Wildman–Crippen LogP) is 1.96. The first-order chi connectivity index (χ1) is 8.58. The van der Waals surface area contributed by atoms with Crippen LogP contribution in [0.1, 0.15) is 14.7 Å². The quantitative estimate of drug-likeness (QED) is 0.913. The van der Waals surface area contributed by atoms with Crippen LogP contribution in [0.2, 0.25) is 0 Å². The van der Waals surface area contributed by atoms with Crippen LogP contribution < -0.4 is 0 Å². The second-order valence-corrected chi connectivity index (χ2v) is 5.13. The van der Waals surface area contributed by atoms with Crippen molar-refractivity contribution in [1.82, 2.24) is 14.9 Å². The van der Waals surface area contributed by atoms with Crippen LogP contribution >= 0.6 is 11.3 Å². The lowest BCUT2D eigenvalue weighted by atomic mass is 10.2. The molecule has 0 unspecified atom stereocenters. The number of carboxylic acid groups (broad SMARTS) is 1. The van der Waals surface area contributed by atoms with Gasteiger partial charge in [-0.1, -0.05) is 6.07 Å². The molecule has 2 aromatic rings. The second kappa shape index (κ2) is 5.24. The van der Waals surface area contributed by atoms with Crippen LogP contribution in [0.15, 0.2) is 24.4 Å². The third kappa shape index (κ3) is 2.72. The number of carbonyl (C=O) groups is 1. The van der Waals surface area contributed by atoms with Gasteiger partial charge in [-0.15, -0.1) is 11.3 Å². The maximum atomic E-state index is 11.2. The number of aromatic nitrogens is 2. The van der Waals surface area contributed by atoms with E-state index >= 15 is 0 Å². The predicted molar refractivity (Wildman–Crippen MR) is 69.7 cm³/mol. The molecular formula is C12H13N3O2S. The lowest BCUT2D eigenvalue weighted by molar-refractivity contribution is 0.0702. The van der Waals surface area contributed by atoms with E-state index in [4.69, 9.17) is 0 Å². The molecule has 0 fully saturated rings. The van der Waals surface area contributed by atoms with Crippen molar-refractivity contribution in [2.45, 2.75) is 6.54 Å². The maximum Gasteiger partial charge on any atom is 0.348 e. The number of hydrogen-bond donors (Lipinski definition) is 1. The van der Waals surface area contributed by atoms with Gasteiger partial charge in [0.1, 0.15) is 15.6 Å². The first-order valence-electron chi connectivity index (χ1n) is 5.37. The molecule has 0 radical (unpaired) electrons. The molecule has 6 heteroatoms. The van der Waals surface area contributed by atoms with Crippen molar-refractivity contribution in [2.24, 2.45) is 0 Å². The van der Waals surface area contributed by atoms with E-state index in [0.29, 0.717) is 17.9 Å². The molecule has 2 heterocycles. The Balaban J connectivity index is 2.45. The lowest BCUT2D eigenvalue weighted by Gasteiger charge is -2.04. The van der Waals surface area contributed by atoms with Gasteiger partial charge in [0, 0.05) is 12.7 Å². The van der Waals surface area contributed by atoms with Crippen molar-refractivity contribution < 1.29 is 9.90 Å². The summed E-state index contributed by atoms with van der Waals surface area (Å²) >= 11 is 1.20. The molecule has 2 aromatic heterocycles. The number of thiazole rings is 1. The number of rotatable bonds is 4. The van der Waals surface area contributed by atoms with Gasteiger partial charge in [0.15, 0.2) is 0 Å². The normalized spacial score (nSPS) is 10.8. The summed E-state index contributed by atoms with van der Waals surface area (Å²) in [6.07, 6.45) is 1.63. The summed E-state index contributed by atoms with van der Waals surface area (Å²) in [6, 6.07) is 5.37. The van der Waals surface area contributed by atoms with Gasteiger partial charge in [0.05, 0.1) is 5.69 Å². The highest BCUT2D eigenvalue weighted by Gasteiger charge is 2.19. The largest absolute Gasteiger partial charge is 0.477 e. The topological polar surface area (TPSA) is 66.3 Å². The van der Waals surface area contributed by atoms with E-state index in [0.717, 1.165) is 5.01 Å². The molecule has 0 aliphatic rings. The Kier molecular flexibility index (Phi) is 3.69. The van der Waals surface area contributed by atoms with Crippen molar-refractivity contribution in [1.29, 1.82) is 0 Å². The zero-order chi connectivity index (χ0) is 13.1. The number of nitrogens with zero attached hydrogens (tertiary/aromatic N) is 3. The summed E-state index contributed by atoms with van der Waals surface area (Å²) in [5.74, 6) is -0.960. The standard InChI is InChI=1S/C12H13N3O2S/c1-15(2)7-9-14-10(11(18-9)12(16)17)8-5-3-4-6-13-8/h3-6H,7H2,1-2H3,(H,16,17). The molecule has 18 heavy (non-hydrogen) atoms. The van der Waals surface area contributed by atoms with E-state index in [1.165, 1.54) is 11.3 Å². The highest BCUT2D eigenvalue weighted by molar-refractivity contribution is 7.14. The Morgan fingerprint density at radius 2 is 2.22 bits per heavy atom. The highest BCUT2D eigenvalue weighted by Crippen LogP contribution is 2.27. The Morgan fingerprint density at radius 3 is 2.78 bits per heavy atom. The van der Waals surface area contributed by atoms with Gasteiger partial charge in [-0.05, 0) is 26.2 Å². The molecule has 0 aliphatic heterocycles. The van der Waals surface area contributed by atoms with Crippen LogP contribution in [0.25, 0.3) is 11.4 Å². The van der Waals surface area contributed by atoms with Gasteiger partial charge in [-0.2, -0.15) is 0 Å². The lowest BCUT2D eigenvalue weighted by Crippen LogP contribution is -2.10. The number of carboxylic acids is 1. The highest BCUT2D eigenvalue weighted by atomic mass is 32.1. The van der Waals surface area contributed by atoms with Crippen LogP contribution in [0.3, 0.4) is 0 Å². The first-order valence-corrected chi connectivity index (χ1v) is 6.18. The minimum atomic E-state index is -0.960. The van der Waals surface area contributed by atoms with Crippen molar-refractivity contribution in [3.8, 4) is 11.4 Å². The van der Waals surface area contributed by atoms with Crippen LogP contribution in [0, 0.1) is 0 Å². The summed E-state index contributed by atoms with van der Waals surface area (Å²) < 4.78 is 0. The summed E-state index contributed by atoms with van der Waals surface area (Å²) in [5.41, 5.74) is 1.04. The summed E-state index contributed by atoms with van der Waals surface area (Å²) in [6.45, 7) is 0.623. The summed E-state index contributed by atoms with van der Waals surface area (Å²) in [7, 11) is 3.84. The Morgan fingerprint density at radius 1 is 1.44 bits per heavy atom. The molecule has 0 aliphatic carbocycles. The molecule has 0 amide bonds. The molecule has 0 saturated heterocycles. The molecule has 0 spiro atoms. The Labute approximate surface area is 109 Å². The zero-order valence-electron chi connectivity index (χ0n) is 10.1. The first kappa shape index (κ1) is 12.7. The fourth-order valence-corrected chi connectivity index (χ4v) is 2.55. The summed E-state index contributed by atoms with van der Waals surface area (Å²) in [4.78, 5) is 21.9. The molecule has 0 atom stereocenters. The Bertz CT molecular complexity index is 552. The van der Waals surface area contributed by atoms with Crippen molar-refractivity contribution in [3.63, 3.8) is 0 Å². The van der Waals surface area contributed by atoms with Crippen LogP contribution in [-0.2, 0) is 6.54 Å². The van der Waals surface area contributed by atoms with E-state index < -0.39 is 5.97 Å². The molecule has 2 rings (SSSR count). The van der Waals surface area contributed by atoms with Gasteiger partial charge in [0.2, 0.25) is 0 Å². The van der Waals surface area contributed by atoms with E-state index in [-0.39, 0.29) is 4.88 Å². The van der Waals surface area contributed by atoms with Crippen LogP contribution in [0.4, 0.5) is 0 Å². The van der Waals surface area contributed by atoms with E-state index in [2.05, 4.69) is 9.97 Å². The van der Waals surface area contributed by atoms with E-state index in [1.54, 1.807) is 18.3 Å². The smallest absolute Gasteiger partial charge is 0.348 e. The minimum Gasteiger partial charge on any atom is -0.477 e. The average molecular weight is 263 g/mol. The Hall–Kier alpha value is -1.79. The monoisotopic (exact) mass is 263 g/mol. The third-order valence-corrected chi connectivity index (χ3v) is 3.25.